The van der Waals surface area contributed by atoms with Gasteiger partial charge in [-0.05, 0) is 45.0 Å². The van der Waals surface area contributed by atoms with Gasteiger partial charge in [0, 0.05) is 50.3 Å². The Morgan fingerprint density at radius 2 is 0.672 bits per heavy atom. The lowest BCUT2D eigenvalue weighted by Gasteiger charge is -2.22. The molecule has 0 aliphatic rings. The minimum absolute atomic E-state index is 0.111. The molecule has 2 aromatic rings. The maximum Gasteiger partial charge on any atom is 0.251 e. The van der Waals surface area contributed by atoms with Crippen LogP contribution in [0.15, 0.2) is 48.5 Å². The molecule has 0 saturated heterocycles. The normalized spacial score (nSPS) is 10.8. The molecule has 0 fully saturated rings. The summed E-state index contributed by atoms with van der Waals surface area (Å²) in [6.07, 6.45) is 0.419. The van der Waals surface area contributed by atoms with Crippen molar-refractivity contribution in [3.05, 3.63) is 70.8 Å². The molecule has 0 heterocycles. The monoisotopic (exact) mass is 866 g/mol. The Kier molecular flexibility index (Phi) is 40.9. The van der Waals surface area contributed by atoms with Crippen molar-refractivity contribution in [2.75, 3.05) is 152 Å². The van der Waals surface area contributed by atoms with Crippen LogP contribution in [0.1, 0.15) is 72.9 Å². The number of benzene rings is 2. The highest BCUT2D eigenvalue weighted by Crippen LogP contribution is 2.03. The van der Waals surface area contributed by atoms with Crippen molar-refractivity contribution >= 4 is 17.6 Å². The first-order valence-corrected chi connectivity index (χ1v) is 22.0. The predicted molar refractivity (Wildman–Crippen MR) is 239 cm³/mol. The van der Waals surface area contributed by atoms with Gasteiger partial charge in [-0.15, -0.1) is 0 Å². The fourth-order valence-corrected chi connectivity index (χ4v) is 4.85. The Hall–Kier alpha value is -3.35. The van der Waals surface area contributed by atoms with Crippen LogP contribution in [0.5, 0.6) is 0 Å². The SMILES string of the molecule is CC.CC.CC(=O)CCOCCOCCOCCN(CCOCCOCCOCCNC(=O)c1ccc(C)cc1)CCOCCOCCOCCNC(=O)c1ccc(C)cc1. The standard InChI is InChI=1S/C42H67N3O12.2C2H6/c1-36-4-8-39(9-5-36)41(47)43-13-19-50-25-31-56-34-28-53-22-16-45(15-21-52-27-33-55-30-24-49-18-12-38(3)46)17-23-54-29-35-57-32-26-51-20-14-44-42(48)40-10-6-37(2)7-11-40;2*1-2/h4-11H,12-35H2,1-3H3,(H,43,47)(H,44,48);2*1-2H3. The van der Waals surface area contributed by atoms with Crippen LogP contribution in [-0.2, 0) is 47.4 Å². The van der Waals surface area contributed by atoms with Gasteiger partial charge in [0.25, 0.3) is 11.8 Å². The summed E-state index contributed by atoms with van der Waals surface area (Å²) in [5, 5.41) is 5.69. The summed E-state index contributed by atoms with van der Waals surface area (Å²) >= 11 is 0. The van der Waals surface area contributed by atoms with Gasteiger partial charge in [-0.1, -0.05) is 63.1 Å². The Morgan fingerprint density at radius 1 is 0.410 bits per heavy atom. The fourth-order valence-electron chi connectivity index (χ4n) is 4.85. The average Bonchev–Trinajstić information content (AvgIpc) is 3.27. The molecule has 15 heteroatoms. The lowest BCUT2D eigenvalue weighted by molar-refractivity contribution is -0.118. The molecule has 0 aliphatic heterocycles. The van der Waals surface area contributed by atoms with Crippen molar-refractivity contribution in [3.63, 3.8) is 0 Å². The number of carbonyl (C=O) groups is 3. The van der Waals surface area contributed by atoms with E-state index in [1.807, 2.05) is 90.1 Å². The van der Waals surface area contributed by atoms with Gasteiger partial charge < -0.3 is 53.3 Å². The Balaban J connectivity index is 0.00000872. The maximum absolute atomic E-state index is 12.1. The zero-order valence-electron chi connectivity index (χ0n) is 38.4. The molecule has 0 spiro atoms. The largest absolute Gasteiger partial charge is 0.379 e. The Labute approximate surface area is 366 Å². The van der Waals surface area contributed by atoms with Gasteiger partial charge in [-0.3, -0.25) is 19.3 Å². The van der Waals surface area contributed by atoms with Crippen LogP contribution in [0.3, 0.4) is 0 Å². The first-order chi connectivity index (χ1) is 29.8. The van der Waals surface area contributed by atoms with E-state index in [1.54, 1.807) is 6.92 Å². The van der Waals surface area contributed by atoms with E-state index < -0.39 is 0 Å². The number of nitrogens with one attached hydrogen (secondary N) is 2. The first-order valence-electron chi connectivity index (χ1n) is 22.0. The molecule has 0 saturated carbocycles. The molecule has 0 bridgehead atoms. The van der Waals surface area contributed by atoms with Gasteiger partial charge in [-0.2, -0.15) is 0 Å². The van der Waals surface area contributed by atoms with Gasteiger partial charge in [0.2, 0.25) is 0 Å². The molecule has 15 nitrogen and oxygen atoms in total. The van der Waals surface area contributed by atoms with E-state index >= 15 is 0 Å². The maximum atomic E-state index is 12.1. The summed E-state index contributed by atoms with van der Waals surface area (Å²) in [6, 6.07) is 14.9. The second kappa shape index (κ2) is 43.3. The molecule has 0 unspecified atom stereocenters. The number of ether oxygens (including phenoxy) is 9. The van der Waals surface area contributed by atoms with E-state index in [2.05, 4.69) is 15.5 Å². The third-order valence-corrected chi connectivity index (χ3v) is 8.18. The smallest absolute Gasteiger partial charge is 0.251 e. The number of nitrogens with zero attached hydrogens (tertiary/aromatic N) is 1. The molecule has 2 rings (SSSR count). The van der Waals surface area contributed by atoms with Crippen LogP contribution in [-0.4, -0.2) is 174 Å². The number of rotatable bonds is 38. The zero-order valence-corrected chi connectivity index (χ0v) is 38.4. The highest BCUT2D eigenvalue weighted by molar-refractivity contribution is 5.94. The van der Waals surface area contributed by atoms with Gasteiger partial charge in [0.15, 0.2) is 0 Å². The lowest BCUT2D eigenvalue weighted by atomic mass is 10.1. The number of carbonyl (C=O) groups excluding carboxylic acids is 3. The van der Waals surface area contributed by atoms with Crippen molar-refractivity contribution in [2.45, 2.75) is 54.9 Å². The van der Waals surface area contributed by atoms with Crippen LogP contribution in [0.25, 0.3) is 0 Å². The summed E-state index contributed by atoms with van der Waals surface area (Å²) in [6.45, 7) is 24.8. The topological polar surface area (TPSA) is 162 Å². The van der Waals surface area contributed by atoms with Crippen molar-refractivity contribution in [1.29, 1.82) is 0 Å². The van der Waals surface area contributed by atoms with Crippen LogP contribution >= 0.6 is 0 Å². The zero-order chi connectivity index (χ0) is 45.0. The molecule has 61 heavy (non-hydrogen) atoms. The number of amides is 2. The van der Waals surface area contributed by atoms with E-state index in [9.17, 15) is 14.4 Å². The van der Waals surface area contributed by atoms with Crippen LogP contribution in [0, 0.1) is 13.8 Å². The number of hydrogen-bond donors (Lipinski definition) is 2. The first kappa shape index (κ1) is 57.6. The fraction of sp³-hybridized carbons (Fsp3) is 0.674. The van der Waals surface area contributed by atoms with Crippen molar-refractivity contribution in [3.8, 4) is 0 Å². The highest BCUT2D eigenvalue weighted by atomic mass is 16.6. The van der Waals surface area contributed by atoms with E-state index in [1.165, 1.54) is 0 Å². The van der Waals surface area contributed by atoms with Gasteiger partial charge in [-0.25, -0.2) is 0 Å². The summed E-state index contributed by atoms with van der Waals surface area (Å²) < 4.78 is 50.6. The average molecular weight is 866 g/mol. The van der Waals surface area contributed by atoms with Gasteiger partial charge in [0.1, 0.15) is 5.78 Å². The van der Waals surface area contributed by atoms with Gasteiger partial charge in [0.05, 0.1) is 119 Å². The van der Waals surface area contributed by atoms with Crippen LogP contribution < -0.4 is 10.6 Å². The number of Topliss-reactive ketones (excluding diaryl/α,β-unsaturated/α-hetero) is 1. The Morgan fingerprint density at radius 3 is 0.967 bits per heavy atom. The van der Waals surface area contributed by atoms with Crippen molar-refractivity contribution in [2.24, 2.45) is 0 Å². The predicted octanol–water partition coefficient (Wildman–Crippen LogP) is 4.95. The quantitative estimate of drug-likeness (QED) is 0.0875. The van der Waals surface area contributed by atoms with Crippen LogP contribution in [0.4, 0.5) is 0 Å². The van der Waals surface area contributed by atoms with E-state index in [0.717, 1.165) is 11.1 Å². The molecule has 0 radical (unpaired) electrons. The summed E-state index contributed by atoms with van der Waals surface area (Å²) in [4.78, 5) is 37.5. The third-order valence-electron chi connectivity index (χ3n) is 8.18. The number of aryl methyl sites for hydroxylation is 2. The van der Waals surface area contributed by atoms with E-state index in [4.69, 9.17) is 42.6 Å². The minimum Gasteiger partial charge on any atom is -0.379 e. The summed E-state index contributed by atoms with van der Waals surface area (Å²) in [7, 11) is 0. The molecule has 2 aromatic carbocycles. The van der Waals surface area contributed by atoms with Crippen molar-refractivity contribution in [1.82, 2.24) is 15.5 Å². The molecular formula is C46H79N3O12. The lowest BCUT2D eigenvalue weighted by Crippen LogP contribution is -2.34. The Bertz CT molecular complexity index is 1220. The molecule has 350 valence electrons. The minimum atomic E-state index is -0.115. The molecule has 0 atom stereocenters. The summed E-state index contributed by atoms with van der Waals surface area (Å²) in [5.41, 5.74) is 3.48. The second-order valence-electron chi connectivity index (χ2n) is 13.0. The molecule has 0 aromatic heterocycles. The van der Waals surface area contributed by atoms with E-state index in [-0.39, 0.29) is 17.6 Å². The second-order valence-corrected chi connectivity index (χ2v) is 13.0. The summed E-state index contributed by atoms with van der Waals surface area (Å²) in [5.74, 6) is -0.119. The van der Waals surface area contributed by atoms with Crippen LogP contribution in [0.2, 0.25) is 0 Å². The molecular weight excluding hydrogens is 787 g/mol. The van der Waals surface area contributed by atoms with Gasteiger partial charge >= 0.3 is 0 Å². The molecule has 2 N–H and O–H groups in total. The van der Waals surface area contributed by atoms with E-state index in [0.29, 0.717) is 169 Å². The third kappa shape index (κ3) is 35.9. The number of hydrogen-bond acceptors (Lipinski definition) is 13. The molecule has 2 amide bonds. The highest BCUT2D eigenvalue weighted by Gasteiger charge is 2.07. The van der Waals surface area contributed by atoms with Crippen molar-refractivity contribution < 1.29 is 57.0 Å². The number of ketones is 1. The molecule has 0 aliphatic carbocycles.